The normalized spacial score (nSPS) is 10.0. The molecule has 0 aromatic carbocycles. The summed E-state index contributed by atoms with van der Waals surface area (Å²) in [4.78, 5) is 7.93. The largest absolute Gasteiger partial charge is 0.475 e. The second-order valence-electron chi connectivity index (χ2n) is 2.82. The van der Waals surface area contributed by atoms with E-state index < -0.39 is 0 Å². The van der Waals surface area contributed by atoms with Crippen LogP contribution in [0, 0.1) is 0 Å². The predicted molar refractivity (Wildman–Crippen MR) is 58.0 cm³/mol. The van der Waals surface area contributed by atoms with Crippen LogP contribution in [0.4, 0.5) is 11.8 Å². The summed E-state index contributed by atoms with van der Waals surface area (Å²) in [6, 6.07) is 1.70. The zero-order chi connectivity index (χ0) is 11.1. The van der Waals surface area contributed by atoms with Crippen LogP contribution in [0.1, 0.15) is 6.92 Å². The monoisotopic (exact) mass is 212 g/mol. The number of methoxy groups -OCH3 is 1. The molecule has 0 spiro atoms. The first-order valence-electron chi connectivity index (χ1n) is 4.76. The van der Waals surface area contributed by atoms with Crippen molar-refractivity contribution in [2.45, 2.75) is 6.92 Å². The third-order valence-electron chi connectivity index (χ3n) is 1.62. The van der Waals surface area contributed by atoms with Gasteiger partial charge in [0.1, 0.15) is 12.4 Å². The van der Waals surface area contributed by atoms with E-state index in [9.17, 15) is 0 Å². The number of hydrogen-bond acceptors (Lipinski definition) is 6. The zero-order valence-corrected chi connectivity index (χ0v) is 8.99. The smallest absolute Gasteiger partial charge is 0.225 e. The third-order valence-corrected chi connectivity index (χ3v) is 1.62. The van der Waals surface area contributed by atoms with Gasteiger partial charge >= 0.3 is 0 Å². The Hall–Kier alpha value is -1.56. The second-order valence-corrected chi connectivity index (χ2v) is 2.82. The number of anilines is 2. The van der Waals surface area contributed by atoms with Crippen LogP contribution in [-0.4, -0.2) is 36.8 Å². The number of rotatable bonds is 6. The highest BCUT2D eigenvalue weighted by molar-refractivity contribution is 5.42. The second kappa shape index (κ2) is 6.02. The van der Waals surface area contributed by atoms with E-state index in [-0.39, 0.29) is 5.95 Å². The first-order valence-corrected chi connectivity index (χ1v) is 4.76. The van der Waals surface area contributed by atoms with Crippen molar-refractivity contribution in [2.75, 3.05) is 37.9 Å². The molecular formula is C9H16N4O2. The molecule has 0 saturated heterocycles. The summed E-state index contributed by atoms with van der Waals surface area (Å²) >= 11 is 0. The molecule has 15 heavy (non-hydrogen) atoms. The molecule has 0 aliphatic heterocycles. The highest BCUT2D eigenvalue weighted by Gasteiger charge is 2.02. The number of nitrogens with zero attached hydrogens (tertiary/aromatic N) is 2. The van der Waals surface area contributed by atoms with Crippen molar-refractivity contribution in [1.29, 1.82) is 0 Å². The Morgan fingerprint density at radius 3 is 2.87 bits per heavy atom. The Morgan fingerprint density at radius 1 is 1.40 bits per heavy atom. The standard InChI is InChI=1S/C9H16N4O2/c1-3-11-7-6-8(13-9(10)12-7)15-5-4-14-2/h6H,3-5H2,1-2H3,(H3,10,11,12,13). The fourth-order valence-corrected chi connectivity index (χ4v) is 1.02. The molecule has 3 N–H and O–H groups in total. The maximum Gasteiger partial charge on any atom is 0.225 e. The molecule has 0 aliphatic carbocycles. The van der Waals surface area contributed by atoms with E-state index in [2.05, 4.69) is 15.3 Å². The van der Waals surface area contributed by atoms with Gasteiger partial charge in [-0.25, -0.2) is 0 Å². The molecule has 0 atom stereocenters. The van der Waals surface area contributed by atoms with E-state index in [0.29, 0.717) is 24.9 Å². The fourth-order valence-electron chi connectivity index (χ4n) is 1.02. The SMILES string of the molecule is CCNc1cc(OCCOC)nc(N)n1. The van der Waals surface area contributed by atoms with E-state index in [1.165, 1.54) is 0 Å². The summed E-state index contributed by atoms with van der Waals surface area (Å²) in [5, 5.41) is 3.04. The van der Waals surface area contributed by atoms with Gasteiger partial charge in [-0.15, -0.1) is 0 Å². The molecule has 0 aliphatic rings. The highest BCUT2D eigenvalue weighted by atomic mass is 16.5. The number of hydrogen-bond donors (Lipinski definition) is 2. The van der Waals surface area contributed by atoms with Gasteiger partial charge in [-0.1, -0.05) is 0 Å². The molecule has 6 nitrogen and oxygen atoms in total. The van der Waals surface area contributed by atoms with E-state index >= 15 is 0 Å². The minimum atomic E-state index is 0.195. The fraction of sp³-hybridized carbons (Fsp3) is 0.556. The zero-order valence-electron chi connectivity index (χ0n) is 8.99. The van der Waals surface area contributed by atoms with Gasteiger partial charge in [0.15, 0.2) is 0 Å². The minimum Gasteiger partial charge on any atom is -0.475 e. The average Bonchev–Trinajstić information content (AvgIpc) is 2.18. The Morgan fingerprint density at radius 2 is 2.20 bits per heavy atom. The van der Waals surface area contributed by atoms with Crippen LogP contribution in [0.25, 0.3) is 0 Å². The molecular weight excluding hydrogens is 196 g/mol. The molecule has 1 heterocycles. The van der Waals surface area contributed by atoms with Gasteiger partial charge in [0.2, 0.25) is 11.8 Å². The van der Waals surface area contributed by atoms with E-state index in [1.54, 1.807) is 13.2 Å². The van der Waals surface area contributed by atoms with Gasteiger partial charge in [-0.3, -0.25) is 0 Å². The summed E-state index contributed by atoms with van der Waals surface area (Å²) < 4.78 is 10.2. The third kappa shape index (κ3) is 3.99. The van der Waals surface area contributed by atoms with E-state index in [4.69, 9.17) is 15.2 Å². The van der Waals surface area contributed by atoms with Crippen LogP contribution in [-0.2, 0) is 4.74 Å². The van der Waals surface area contributed by atoms with Crippen molar-refractivity contribution in [3.8, 4) is 5.88 Å². The number of nitrogens with two attached hydrogens (primary N) is 1. The van der Waals surface area contributed by atoms with Crippen molar-refractivity contribution >= 4 is 11.8 Å². The van der Waals surface area contributed by atoms with Crippen molar-refractivity contribution in [1.82, 2.24) is 9.97 Å². The number of ether oxygens (including phenoxy) is 2. The summed E-state index contributed by atoms with van der Waals surface area (Å²) in [7, 11) is 1.61. The van der Waals surface area contributed by atoms with Gasteiger partial charge in [-0.2, -0.15) is 9.97 Å². The Kier molecular flexibility index (Phi) is 4.62. The topological polar surface area (TPSA) is 82.3 Å². The van der Waals surface area contributed by atoms with Crippen LogP contribution in [0.5, 0.6) is 5.88 Å². The molecule has 0 saturated carbocycles. The molecule has 1 aromatic rings. The lowest BCUT2D eigenvalue weighted by atomic mass is 10.5. The maximum atomic E-state index is 5.52. The molecule has 0 fully saturated rings. The lowest BCUT2D eigenvalue weighted by molar-refractivity contribution is 0.144. The van der Waals surface area contributed by atoms with Crippen LogP contribution in [0.15, 0.2) is 6.07 Å². The summed E-state index contributed by atoms with van der Waals surface area (Å²) in [5.41, 5.74) is 5.52. The molecule has 84 valence electrons. The van der Waals surface area contributed by atoms with Gasteiger partial charge in [0, 0.05) is 19.7 Å². The lowest BCUT2D eigenvalue weighted by Crippen LogP contribution is -2.08. The number of nitrogen functional groups attached to an aromatic ring is 1. The van der Waals surface area contributed by atoms with Gasteiger partial charge in [0.25, 0.3) is 0 Å². The summed E-state index contributed by atoms with van der Waals surface area (Å²) in [5.74, 6) is 1.31. The van der Waals surface area contributed by atoms with Crippen LogP contribution in [0.2, 0.25) is 0 Å². The van der Waals surface area contributed by atoms with Crippen molar-refractivity contribution in [2.24, 2.45) is 0 Å². The van der Waals surface area contributed by atoms with Crippen molar-refractivity contribution < 1.29 is 9.47 Å². The Bertz CT molecular complexity index is 306. The van der Waals surface area contributed by atoms with E-state index in [0.717, 1.165) is 6.54 Å². The minimum absolute atomic E-state index is 0.195. The van der Waals surface area contributed by atoms with Gasteiger partial charge in [-0.05, 0) is 6.92 Å². The molecule has 1 aromatic heterocycles. The molecule has 0 unspecified atom stereocenters. The average molecular weight is 212 g/mol. The van der Waals surface area contributed by atoms with Gasteiger partial charge < -0.3 is 20.5 Å². The molecule has 6 heteroatoms. The van der Waals surface area contributed by atoms with Gasteiger partial charge in [0.05, 0.1) is 6.61 Å². The quantitative estimate of drug-likeness (QED) is 0.669. The van der Waals surface area contributed by atoms with Crippen LogP contribution < -0.4 is 15.8 Å². The summed E-state index contributed by atoms with van der Waals surface area (Å²) in [6.45, 7) is 3.71. The van der Waals surface area contributed by atoms with Crippen molar-refractivity contribution in [3.05, 3.63) is 6.07 Å². The molecule has 0 bridgehead atoms. The first kappa shape index (κ1) is 11.5. The molecule has 0 radical (unpaired) electrons. The van der Waals surface area contributed by atoms with Crippen molar-refractivity contribution in [3.63, 3.8) is 0 Å². The summed E-state index contributed by atoms with van der Waals surface area (Å²) in [6.07, 6.45) is 0. The Labute approximate surface area is 88.8 Å². The number of aromatic nitrogens is 2. The Balaban J connectivity index is 2.62. The highest BCUT2D eigenvalue weighted by Crippen LogP contribution is 2.14. The first-order chi connectivity index (χ1) is 7.26. The maximum absolute atomic E-state index is 5.52. The number of nitrogens with one attached hydrogen (secondary N) is 1. The van der Waals surface area contributed by atoms with Crippen LogP contribution in [0.3, 0.4) is 0 Å². The molecule has 1 rings (SSSR count). The van der Waals surface area contributed by atoms with E-state index in [1.807, 2.05) is 6.92 Å². The predicted octanol–water partition coefficient (Wildman–Crippen LogP) is 0.516. The van der Waals surface area contributed by atoms with Crippen LogP contribution >= 0.6 is 0 Å². The molecule has 0 amide bonds. The lowest BCUT2D eigenvalue weighted by Gasteiger charge is -2.07.